The molecule has 2 aliphatic rings. The number of amides is 1. The molecule has 2 heterocycles. The van der Waals surface area contributed by atoms with E-state index >= 15 is 0 Å². The lowest BCUT2D eigenvalue weighted by Crippen LogP contribution is -2.26. The SMILES string of the molecule is Cc1cc(CN2CCCC2)ccc1N1CC(C(=O)O)CC1=O. The molecule has 0 aliphatic carbocycles. The number of likely N-dealkylation sites (tertiary alicyclic amines) is 1. The molecule has 0 spiro atoms. The summed E-state index contributed by atoms with van der Waals surface area (Å²) < 4.78 is 0. The third-order valence-electron chi connectivity index (χ3n) is 4.63. The van der Waals surface area contributed by atoms with E-state index in [0.717, 1.165) is 30.9 Å². The largest absolute Gasteiger partial charge is 0.481 e. The van der Waals surface area contributed by atoms with Crippen LogP contribution in [0.3, 0.4) is 0 Å². The first kappa shape index (κ1) is 15.0. The van der Waals surface area contributed by atoms with E-state index in [4.69, 9.17) is 5.11 Å². The van der Waals surface area contributed by atoms with E-state index in [1.54, 1.807) is 4.90 Å². The van der Waals surface area contributed by atoms with Crippen molar-refractivity contribution < 1.29 is 14.7 Å². The average molecular weight is 302 g/mol. The molecule has 22 heavy (non-hydrogen) atoms. The molecule has 1 N–H and O–H groups in total. The molecule has 3 rings (SSSR count). The first-order valence-corrected chi connectivity index (χ1v) is 7.89. The van der Waals surface area contributed by atoms with Gasteiger partial charge in [-0.25, -0.2) is 0 Å². The molecule has 0 saturated carbocycles. The monoisotopic (exact) mass is 302 g/mol. The molecule has 0 radical (unpaired) electrons. The predicted octanol–water partition coefficient (Wildman–Crippen LogP) is 2.03. The van der Waals surface area contributed by atoms with E-state index in [2.05, 4.69) is 17.0 Å². The quantitative estimate of drug-likeness (QED) is 0.924. The maximum absolute atomic E-state index is 12.1. The molecule has 1 aromatic rings. The van der Waals surface area contributed by atoms with Crippen LogP contribution < -0.4 is 4.90 Å². The summed E-state index contributed by atoms with van der Waals surface area (Å²) in [6.07, 6.45) is 2.65. The number of anilines is 1. The maximum atomic E-state index is 12.1. The van der Waals surface area contributed by atoms with Gasteiger partial charge < -0.3 is 10.0 Å². The molecule has 1 amide bonds. The van der Waals surface area contributed by atoms with Crippen molar-refractivity contribution in [2.24, 2.45) is 5.92 Å². The zero-order valence-electron chi connectivity index (χ0n) is 12.9. The molecule has 5 heteroatoms. The van der Waals surface area contributed by atoms with Gasteiger partial charge in [-0.15, -0.1) is 0 Å². The van der Waals surface area contributed by atoms with E-state index in [9.17, 15) is 9.59 Å². The minimum Gasteiger partial charge on any atom is -0.481 e. The highest BCUT2D eigenvalue weighted by Crippen LogP contribution is 2.29. The minimum atomic E-state index is -0.890. The Balaban J connectivity index is 1.74. The lowest BCUT2D eigenvalue weighted by molar-refractivity contribution is -0.141. The first-order valence-electron chi connectivity index (χ1n) is 7.89. The van der Waals surface area contributed by atoms with Crippen molar-refractivity contribution in [3.63, 3.8) is 0 Å². The van der Waals surface area contributed by atoms with E-state index in [-0.39, 0.29) is 18.9 Å². The van der Waals surface area contributed by atoms with Gasteiger partial charge in [0.1, 0.15) is 0 Å². The van der Waals surface area contributed by atoms with Crippen LogP contribution in [-0.2, 0) is 16.1 Å². The van der Waals surface area contributed by atoms with Gasteiger partial charge in [0.05, 0.1) is 5.92 Å². The minimum absolute atomic E-state index is 0.0946. The Labute approximate surface area is 130 Å². The van der Waals surface area contributed by atoms with E-state index in [1.807, 2.05) is 13.0 Å². The molecule has 118 valence electrons. The lowest BCUT2D eigenvalue weighted by Gasteiger charge is -2.21. The van der Waals surface area contributed by atoms with Gasteiger partial charge in [0.25, 0.3) is 0 Å². The number of carboxylic acid groups (broad SMARTS) is 1. The molecule has 5 nitrogen and oxygen atoms in total. The Bertz CT molecular complexity index is 594. The Morgan fingerprint density at radius 2 is 2.05 bits per heavy atom. The third-order valence-corrected chi connectivity index (χ3v) is 4.63. The molecule has 2 saturated heterocycles. The Morgan fingerprint density at radius 3 is 2.64 bits per heavy atom. The van der Waals surface area contributed by atoms with Crippen LogP contribution in [0.25, 0.3) is 0 Å². The number of carboxylic acids is 1. The van der Waals surface area contributed by atoms with Crippen LogP contribution in [0.2, 0.25) is 0 Å². The second kappa shape index (κ2) is 6.08. The second-order valence-electron chi connectivity index (χ2n) is 6.35. The van der Waals surface area contributed by atoms with Gasteiger partial charge in [-0.05, 0) is 50.0 Å². The summed E-state index contributed by atoms with van der Waals surface area (Å²) in [5.74, 6) is -1.57. The van der Waals surface area contributed by atoms with Crippen LogP contribution in [0.15, 0.2) is 18.2 Å². The summed E-state index contributed by atoms with van der Waals surface area (Å²) in [5, 5.41) is 9.08. The van der Waals surface area contributed by atoms with Gasteiger partial charge in [0, 0.05) is 25.2 Å². The molecule has 2 fully saturated rings. The summed E-state index contributed by atoms with van der Waals surface area (Å²) in [7, 11) is 0. The summed E-state index contributed by atoms with van der Waals surface area (Å²) in [4.78, 5) is 27.2. The van der Waals surface area contributed by atoms with Crippen LogP contribution in [0.5, 0.6) is 0 Å². The number of aliphatic carboxylic acids is 1. The normalized spacial score (nSPS) is 22.5. The predicted molar refractivity (Wildman–Crippen MR) is 83.8 cm³/mol. The van der Waals surface area contributed by atoms with Gasteiger partial charge >= 0.3 is 5.97 Å². The van der Waals surface area contributed by atoms with E-state index in [1.165, 1.54) is 18.4 Å². The molecular formula is C17H22N2O3. The van der Waals surface area contributed by atoms with Crippen LogP contribution >= 0.6 is 0 Å². The number of aryl methyl sites for hydroxylation is 1. The smallest absolute Gasteiger partial charge is 0.308 e. The van der Waals surface area contributed by atoms with Gasteiger partial charge in [-0.3, -0.25) is 14.5 Å². The Morgan fingerprint density at radius 1 is 1.32 bits per heavy atom. The van der Waals surface area contributed by atoms with Crippen LogP contribution in [0.1, 0.15) is 30.4 Å². The van der Waals surface area contributed by atoms with Crippen molar-refractivity contribution >= 4 is 17.6 Å². The van der Waals surface area contributed by atoms with Crippen LogP contribution in [0.4, 0.5) is 5.69 Å². The molecule has 0 bridgehead atoms. The van der Waals surface area contributed by atoms with Gasteiger partial charge in [0.15, 0.2) is 0 Å². The van der Waals surface area contributed by atoms with Crippen molar-refractivity contribution in [2.75, 3.05) is 24.5 Å². The number of carbonyl (C=O) groups is 2. The number of hydrogen-bond donors (Lipinski definition) is 1. The number of nitrogens with zero attached hydrogens (tertiary/aromatic N) is 2. The molecule has 1 unspecified atom stereocenters. The maximum Gasteiger partial charge on any atom is 0.308 e. The number of benzene rings is 1. The summed E-state index contributed by atoms with van der Waals surface area (Å²) in [6.45, 7) is 5.54. The number of hydrogen-bond acceptors (Lipinski definition) is 3. The molecule has 1 aromatic carbocycles. The third kappa shape index (κ3) is 2.99. The Hall–Kier alpha value is -1.88. The van der Waals surface area contributed by atoms with Crippen molar-refractivity contribution in [3.05, 3.63) is 29.3 Å². The van der Waals surface area contributed by atoms with Crippen LogP contribution in [0, 0.1) is 12.8 Å². The van der Waals surface area contributed by atoms with Crippen LogP contribution in [-0.4, -0.2) is 41.5 Å². The second-order valence-corrected chi connectivity index (χ2v) is 6.35. The standard InChI is InChI=1S/C17H22N2O3/c1-12-8-13(10-18-6-2-3-7-18)4-5-15(12)19-11-14(17(21)22)9-16(19)20/h4-5,8,14H,2-3,6-7,9-11H2,1H3,(H,21,22). The molecule has 1 atom stereocenters. The summed E-state index contributed by atoms with van der Waals surface area (Å²) in [5.41, 5.74) is 3.14. The van der Waals surface area contributed by atoms with Crippen molar-refractivity contribution in [2.45, 2.75) is 32.7 Å². The highest BCUT2D eigenvalue weighted by atomic mass is 16.4. The topological polar surface area (TPSA) is 60.9 Å². The fourth-order valence-electron chi connectivity index (χ4n) is 3.42. The zero-order valence-corrected chi connectivity index (χ0v) is 12.9. The summed E-state index contributed by atoms with van der Waals surface area (Å²) >= 11 is 0. The van der Waals surface area contributed by atoms with Gasteiger partial charge in [-0.2, -0.15) is 0 Å². The van der Waals surface area contributed by atoms with Crippen molar-refractivity contribution in [1.82, 2.24) is 4.90 Å². The highest BCUT2D eigenvalue weighted by molar-refractivity contribution is 5.99. The van der Waals surface area contributed by atoms with E-state index in [0.29, 0.717) is 0 Å². The van der Waals surface area contributed by atoms with Crippen molar-refractivity contribution in [1.29, 1.82) is 0 Å². The lowest BCUT2D eigenvalue weighted by atomic mass is 10.1. The number of rotatable bonds is 4. The van der Waals surface area contributed by atoms with Gasteiger partial charge in [-0.1, -0.05) is 12.1 Å². The fraction of sp³-hybridized carbons (Fsp3) is 0.529. The molecular weight excluding hydrogens is 280 g/mol. The molecule has 2 aliphatic heterocycles. The number of carbonyl (C=O) groups excluding carboxylic acids is 1. The first-order chi connectivity index (χ1) is 10.5. The fourth-order valence-corrected chi connectivity index (χ4v) is 3.42. The van der Waals surface area contributed by atoms with Crippen molar-refractivity contribution in [3.8, 4) is 0 Å². The zero-order chi connectivity index (χ0) is 15.7. The average Bonchev–Trinajstić information content (AvgIpc) is 3.09. The van der Waals surface area contributed by atoms with Gasteiger partial charge in [0.2, 0.25) is 5.91 Å². The Kier molecular flexibility index (Phi) is 4.16. The van der Waals surface area contributed by atoms with E-state index < -0.39 is 11.9 Å². The summed E-state index contributed by atoms with van der Waals surface area (Å²) in [6, 6.07) is 6.14. The highest BCUT2D eigenvalue weighted by Gasteiger charge is 2.35. The molecule has 0 aromatic heterocycles.